The van der Waals surface area contributed by atoms with Crippen LogP contribution < -0.4 is 0 Å². The second-order valence-corrected chi connectivity index (χ2v) is 6.37. The Morgan fingerprint density at radius 3 is 3.00 bits per heavy atom. The average Bonchev–Trinajstić information content (AvgIpc) is 3.30. The van der Waals surface area contributed by atoms with Gasteiger partial charge in [-0.25, -0.2) is 9.37 Å². The van der Waals surface area contributed by atoms with E-state index in [9.17, 15) is 4.39 Å². The number of hydrogen-bond acceptors (Lipinski definition) is 3. The summed E-state index contributed by atoms with van der Waals surface area (Å²) in [5, 5.41) is 4.32. The maximum Gasteiger partial charge on any atom is 0.151 e. The van der Waals surface area contributed by atoms with E-state index in [1.54, 1.807) is 6.07 Å². The van der Waals surface area contributed by atoms with Crippen molar-refractivity contribution in [2.24, 2.45) is 0 Å². The monoisotopic (exact) mass is 327 g/mol. The Morgan fingerprint density at radius 1 is 1.29 bits per heavy atom. The maximum absolute atomic E-state index is 14.1. The van der Waals surface area contributed by atoms with E-state index in [-0.39, 0.29) is 5.82 Å². The van der Waals surface area contributed by atoms with Crippen molar-refractivity contribution in [3.8, 4) is 0 Å². The summed E-state index contributed by atoms with van der Waals surface area (Å²) < 4.78 is 18.2. The molecule has 1 fully saturated rings. The highest BCUT2D eigenvalue weighted by atomic mass is 19.1. The molecule has 1 atom stereocenters. The molecule has 3 heterocycles. The van der Waals surface area contributed by atoms with Crippen molar-refractivity contribution < 1.29 is 4.39 Å². The number of aromatic nitrogens is 4. The first kappa shape index (κ1) is 15.3. The van der Waals surface area contributed by atoms with Gasteiger partial charge in [0.15, 0.2) is 5.82 Å². The first-order chi connectivity index (χ1) is 11.8. The maximum atomic E-state index is 14.1. The second-order valence-electron chi connectivity index (χ2n) is 6.37. The fraction of sp³-hybridized carbons (Fsp3) is 0.444. The summed E-state index contributed by atoms with van der Waals surface area (Å²) in [7, 11) is 0. The Labute approximate surface area is 140 Å². The molecule has 3 aromatic rings. The smallest absolute Gasteiger partial charge is 0.151 e. The molecule has 126 valence electrons. The Bertz CT molecular complexity index is 823. The molecule has 1 saturated heterocycles. The van der Waals surface area contributed by atoms with Crippen LogP contribution in [0.25, 0.3) is 11.0 Å². The quantitative estimate of drug-likeness (QED) is 0.723. The number of likely N-dealkylation sites (tertiary alicyclic amines) is 1. The van der Waals surface area contributed by atoms with Crippen LogP contribution in [-0.2, 0) is 19.6 Å². The van der Waals surface area contributed by atoms with Gasteiger partial charge in [-0.1, -0.05) is 6.07 Å². The predicted octanol–water partition coefficient (Wildman–Crippen LogP) is 3.06. The number of benzene rings is 1. The van der Waals surface area contributed by atoms with E-state index >= 15 is 0 Å². The number of para-hydroxylation sites is 1. The molecule has 0 aliphatic carbocycles. The van der Waals surface area contributed by atoms with Crippen molar-refractivity contribution in [3.63, 3.8) is 0 Å². The van der Waals surface area contributed by atoms with E-state index < -0.39 is 0 Å². The lowest BCUT2D eigenvalue weighted by Crippen LogP contribution is -2.33. The SMILES string of the molecule is CCn1c(CN2CCC[C@@H]2Cn2cccn2)nc2c(F)cccc21. The van der Waals surface area contributed by atoms with Crippen molar-refractivity contribution >= 4 is 11.0 Å². The molecule has 6 heteroatoms. The van der Waals surface area contributed by atoms with Crippen molar-refractivity contribution in [1.82, 2.24) is 24.2 Å². The fourth-order valence-corrected chi connectivity index (χ4v) is 3.75. The summed E-state index contributed by atoms with van der Waals surface area (Å²) in [5.41, 5.74) is 1.37. The summed E-state index contributed by atoms with van der Waals surface area (Å²) in [4.78, 5) is 7.05. The van der Waals surface area contributed by atoms with E-state index in [0.29, 0.717) is 11.6 Å². The van der Waals surface area contributed by atoms with Gasteiger partial charge in [-0.3, -0.25) is 9.58 Å². The Morgan fingerprint density at radius 2 is 2.21 bits per heavy atom. The molecule has 0 spiro atoms. The van der Waals surface area contributed by atoms with Crippen LogP contribution in [0.2, 0.25) is 0 Å². The lowest BCUT2D eigenvalue weighted by atomic mass is 10.2. The predicted molar refractivity (Wildman–Crippen MR) is 91.0 cm³/mol. The summed E-state index contributed by atoms with van der Waals surface area (Å²) in [5.74, 6) is 0.709. The number of rotatable bonds is 5. The molecule has 1 aliphatic rings. The average molecular weight is 327 g/mol. The van der Waals surface area contributed by atoms with Crippen molar-refractivity contribution in [3.05, 3.63) is 48.3 Å². The van der Waals surface area contributed by atoms with Crippen LogP contribution in [0.1, 0.15) is 25.6 Å². The highest BCUT2D eigenvalue weighted by Crippen LogP contribution is 2.24. The van der Waals surface area contributed by atoms with Crippen molar-refractivity contribution in [2.45, 2.75) is 45.4 Å². The number of hydrogen-bond donors (Lipinski definition) is 0. The number of nitrogens with zero attached hydrogens (tertiary/aromatic N) is 5. The Balaban J connectivity index is 1.60. The molecule has 4 rings (SSSR count). The van der Waals surface area contributed by atoms with Gasteiger partial charge in [-0.15, -0.1) is 0 Å². The molecular weight excluding hydrogens is 305 g/mol. The topological polar surface area (TPSA) is 38.9 Å². The summed E-state index contributed by atoms with van der Waals surface area (Å²) in [6, 6.07) is 7.60. The molecule has 0 bridgehead atoms. The van der Waals surface area contributed by atoms with Gasteiger partial charge in [0.2, 0.25) is 0 Å². The van der Waals surface area contributed by atoms with Crippen LogP contribution in [0.15, 0.2) is 36.7 Å². The minimum absolute atomic E-state index is 0.240. The van der Waals surface area contributed by atoms with Gasteiger partial charge >= 0.3 is 0 Å². The van der Waals surface area contributed by atoms with Gasteiger partial charge in [0, 0.05) is 25.0 Å². The van der Waals surface area contributed by atoms with E-state index in [1.165, 1.54) is 18.9 Å². The van der Waals surface area contributed by atoms with Gasteiger partial charge in [0.05, 0.1) is 18.6 Å². The zero-order chi connectivity index (χ0) is 16.5. The Kier molecular flexibility index (Phi) is 4.06. The zero-order valence-electron chi connectivity index (χ0n) is 13.9. The first-order valence-electron chi connectivity index (χ1n) is 8.61. The third-order valence-corrected chi connectivity index (χ3v) is 4.93. The normalized spacial score (nSPS) is 18.7. The molecule has 0 saturated carbocycles. The molecule has 0 N–H and O–H groups in total. The number of fused-ring (bicyclic) bond motifs is 1. The van der Waals surface area contributed by atoms with Crippen molar-refractivity contribution in [1.29, 1.82) is 0 Å². The zero-order valence-corrected chi connectivity index (χ0v) is 13.9. The van der Waals surface area contributed by atoms with Crippen LogP contribution in [0.5, 0.6) is 0 Å². The number of halogens is 1. The summed E-state index contributed by atoms with van der Waals surface area (Å²) in [6.45, 7) is 5.59. The summed E-state index contributed by atoms with van der Waals surface area (Å²) in [6.07, 6.45) is 6.18. The van der Waals surface area contributed by atoms with Gasteiger partial charge in [-0.05, 0) is 44.5 Å². The van der Waals surface area contributed by atoms with Crippen molar-refractivity contribution in [2.75, 3.05) is 6.54 Å². The van der Waals surface area contributed by atoms with E-state index in [1.807, 2.05) is 29.2 Å². The molecule has 24 heavy (non-hydrogen) atoms. The second kappa shape index (κ2) is 6.36. The molecule has 0 amide bonds. The summed E-state index contributed by atoms with van der Waals surface area (Å²) >= 11 is 0. The molecule has 0 unspecified atom stereocenters. The molecule has 2 aromatic heterocycles. The highest BCUT2D eigenvalue weighted by Gasteiger charge is 2.27. The van der Waals surface area contributed by atoms with Gasteiger partial charge < -0.3 is 4.57 Å². The molecule has 0 radical (unpaired) electrons. The third-order valence-electron chi connectivity index (χ3n) is 4.93. The molecular formula is C18H22FN5. The largest absolute Gasteiger partial charge is 0.327 e. The minimum Gasteiger partial charge on any atom is -0.327 e. The van der Waals surface area contributed by atoms with Crippen LogP contribution >= 0.6 is 0 Å². The Hall–Kier alpha value is -2.21. The van der Waals surface area contributed by atoms with Crippen LogP contribution in [0.4, 0.5) is 4.39 Å². The third kappa shape index (κ3) is 2.71. The minimum atomic E-state index is -0.240. The molecule has 5 nitrogen and oxygen atoms in total. The van der Waals surface area contributed by atoms with Crippen LogP contribution in [-0.4, -0.2) is 36.8 Å². The van der Waals surface area contributed by atoms with Gasteiger partial charge in [-0.2, -0.15) is 5.10 Å². The standard InChI is InChI=1S/C18H22FN5/c1-2-24-16-8-3-7-15(19)18(16)21-17(24)13-22-10-4-6-14(22)12-23-11-5-9-20-23/h3,5,7-9,11,14H,2,4,6,10,12-13H2,1H3/t14-/m1/s1. The van der Waals surface area contributed by atoms with Gasteiger partial charge in [0.1, 0.15) is 11.3 Å². The number of imidazole rings is 1. The molecule has 1 aromatic carbocycles. The fourth-order valence-electron chi connectivity index (χ4n) is 3.75. The van der Waals surface area contributed by atoms with Gasteiger partial charge in [0.25, 0.3) is 0 Å². The van der Waals surface area contributed by atoms with Crippen LogP contribution in [0.3, 0.4) is 0 Å². The van der Waals surface area contributed by atoms with Crippen LogP contribution in [0, 0.1) is 5.82 Å². The van der Waals surface area contributed by atoms with E-state index in [2.05, 4.69) is 26.5 Å². The number of aryl methyl sites for hydroxylation is 1. The first-order valence-corrected chi connectivity index (χ1v) is 8.61. The molecule has 1 aliphatic heterocycles. The lowest BCUT2D eigenvalue weighted by molar-refractivity contribution is 0.212. The van der Waals surface area contributed by atoms with E-state index in [0.717, 1.165) is 37.5 Å². The highest BCUT2D eigenvalue weighted by molar-refractivity contribution is 5.76. The van der Waals surface area contributed by atoms with E-state index in [4.69, 9.17) is 0 Å². The lowest BCUT2D eigenvalue weighted by Gasteiger charge is -2.24.